The first kappa shape index (κ1) is 22.6. The van der Waals surface area contributed by atoms with Crippen molar-refractivity contribution in [2.75, 3.05) is 45.9 Å². The molecule has 0 aromatic rings. The molecule has 160 valence electrons. The molecule has 1 atom stereocenters. The van der Waals surface area contributed by atoms with Crippen molar-refractivity contribution >= 4 is 17.8 Å². The van der Waals surface area contributed by atoms with Crippen LogP contribution >= 0.6 is 0 Å². The molecule has 3 heterocycles. The summed E-state index contributed by atoms with van der Waals surface area (Å²) in [5.74, 6) is -3.49. The molecule has 0 bridgehead atoms. The van der Waals surface area contributed by atoms with E-state index in [1.165, 1.54) is 45.2 Å². The van der Waals surface area contributed by atoms with E-state index < -0.39 is 11.9 Å². The molecule has 3 saturated heterocycles. The smallest absolute Gasteiger partial charge is 0.414 e. The number of aliphatic carboxylic acids is 2. The lowest BCUT2D eigenvalue weighted by molar-refractivity contribution is -0.159. The Balaban J connectivity index is 0.000000409. The summed E-state index contributed by atoms with van der Waals surface area (Å²) in [6.45, 7) is 6.79. The van der Waals surface area contributed by atoms with Crippen LogP contribution in [0.1, 0.15) is 44.9 Å². The van der Waals surface area contributed by atoms with E-state index >= 15 is 0 Å². The van der Waals surface area contributed by atoms with Gasteiger partial charge in [-0.25, -0.2) is 9.59 Å². The lowest BCUT2D eigenvalue weighted by Crippen LogP contribution is -2.49. The number of carboxylic acids is 2. The molecule has 1 amide bonds. The third-order valence-corrected chi connectivity index (χ3v) is 5.57. The van der Waals surface area contributed by atoms with Crippen molar-refractivity contribution in [2.45, 2.75) is 57.1 Å². The fourth-order valence-electron chi connectivity index (χ4n) is 4.02. The number of likely N-dealkylation sites (tertiary alicyclic amines) is 2. The zero-order valence-electron chi connectivity index (χ0n) is 16.5. The van der Waals surface area contributed by atoms with Gasteiger partial charge in [-0.15, -0.1) is 0 Å². The van der Waals surface area contributed by atoms with Crippen LogP contribution < -0.4 is 5.32 Å². The quantitative estimate of drug-likeness (QED) is 0.568. The van der Waals surface area contributed by atoms with Crippen molar-refractivity contribution in [3.63, 3.8) is 0 Å². The van der Waals surface area contributed by atoms with Crippen LogP contribution in [0.3, 0.4) is 0 Å². The molecule has 3 aliphatic heterocycles. The van der Waals surface area contributed by atoms with E-state index in [-0.39, 0.29) is 12.0 Å². The van der Waals surface area contributed by atoms with Crippen molar-refractivity contribution in [2.24, 2.45) is 0 Å². The standard InChI is InChI=1S/C17H31N3O2.C2H2O4/c21-17(18-13-16-5-4-12-22-16)14-19-10-6-15(7-11-19)20-8-2-1-3-9-20;3-1(4)2(5)6/h15-16H,1-14H2,(H,18,21);(H,3,4)(H,5,6). The second-order valence-electron chi connectivity index (χ2n) is 7.65. The molecular weight excluding hydrogens is 366 g/mol. The Bertz CT molecular complexity index is 498. The summed E-state index contributed by atoms with van der Waals surface area (Å²) in [4.78, 5) is 35.2. The van der Waals surface area contributed by atoms with Gasteiger partial charge in [-0.05, 0) is 51.6 Å². The van der Waals surface area contributed by atoms with Gasteiger partial charge < -0.3 is 25.2 Å². The van der Waals surface area contributed by atoms with Gasteiger partial charge in [-0.3, -0.25) is 9.69 Å². The van der Waals surface area contributed by atoms with Crippen molar-refractivity contribution in [1.29, 1.82) is 0 Å². The highest BCUT2D eigenvalue weighted by Crippen LogP contribution is 2.20. The molecule has 1 unspecified atom stereocenters. The Kier molecular flexibility index (Phi) is 9.66. The number of hydrogen-bond acceptors (Lipinski definition) is 6. The lowest BCUT2D eigenvalue weighted by atomic mass is 10.00. The number of nitrogens with one attached hydrogen (secondary N) is 1. The molecule has 3 N–H and O–H groups in total. The van der Waals surface area contributed by atoms with Gasteiger partial charge >= 0.3 is 11.9 Å². The van der Waals surface area contributed by atoms with Crippen LogP contribution in [0.4, 0.5) is 0 Å². The largest absolute Gasteiger partial charge is 0.473 e. The maximum Gasteiger partial charge on any atom is 0.414 e. The summed E-state index contributed by atoms with van der Waals surface area (Å²) in [6, 6.07) is 0.756. The van der Waals surface area contributed by atoms with Gasteiger partial charge in [0.15, 0.2) is 0 Å². The summed E-state index contributed by atoms with van der Waals surface area (Å²) < 4.78 is 5.54. The number of hydrogen-bond donors (Lipinski definition) is 3. The highest BCUT2D eigenvalue weighted by molar-refractivity contribution is 6.27. The minimum Gasteiger partial charge on any atom is -0.473 e. The number of carbonyl (C=O) groups is 3. The van der Waals surface area contributed by atoms with Gasteiger partial charge in [-0.2, -0.15) is 0 Å². The number of amides is 1. The van der Waals surface area contributed by atoms with Gasteiger partial charge in [0.25, 0.3) is 0 Å². The number of ether oxygens (including phenoxy) is 1. The Labute approximate surface area is 166 Å². The van der Waals surface area contributed by atoms with Gasteiger partial charge in [0.1, 0.15) is 0 Å². The average molecular weight is 399 g/mol. The highest BCUT2D eigenvalue weighted by Gasteiger charge is 2.26. The maximum atomic E-state index is 12.0. The Morgan fingerprint density at radius 3 is 2.07 bits per heavy atom. The minimum absolute atomic E-state index is 0.159. The first-order chi connectivity index (χ1) is 13.5. The van der Waals surface area contributed by atoms with Crippen molar-refractivity contribution in [1.82, 2.24) is 15.1 Å². The Morgan fingerprint density at radius 1 is 0.893 bits per heavy atom. The van der Waals surface area contributed by atoms with E-state index in [1.807, 2.05) is 0 Å². The van der Waals surface area contributed by atoms with E-state index in [1.54, 1.807) is 0 Å². The molecule has 0 aromatic heterocycles. The molecule has 0 radical (unpaired) electrons. The molecule has 0 aromatic carbocycles. The van der Waals surface area contributed by atoms with Crippen LogP contribution in [0, 0.1) is 0 Å². The second kappa shape index (κ2) is 12.0. The Hall–Kier alpha value is -1.71. The predicted molar refractivity (Wildman–Crippen MR) is 102 cm³/mol. The molecule has 9 heteroatoms. The monoisotopic (exact) mass is 399 g/mol. The van der Waals surface area contributed by atoms with Crippen LogP contribution in [0.5, 0.6) is 0 Å². The van der Waals surface area contributed by atoms with E-state index in [0.717, 1.165) is 38.6 Å². The topological polar surface area (TPSA) is 119 Å². The van der Waals surface area contributed by atoms with Crippen LogP contribution in [0.15, 0.2) is 0 Å². The fourth-order valence-corrected chi connectivity index (χ4v) is 4.02. The van der Waals surface area contributed by atoms with E-state index in [0.29, 0.717) is 13.1 Å². The van der Waals surface area contributed by atoms with Gasteiger partial charge in [0, 0.05) is 32.3 Å². The number of rotatable bonds is 5. The number of piperidine rings is 2. The first-order valence-electron chi connectivity index (χ1n) is 10.3. The van der Waals surface area contributed by atoms with Gasteiger partial charge in [-0.1, -0.05) is 6.42 Å². The first-order valence-corrected chi connectivity index (χ1v) is 10.3. The van der Waals surface area contributed by atoms with Crippen molar-refractivity contribution < 1.29 is 29.3 Å². The molecular formula is C19H33N3O6. The third-order valence-electron chi connectivity index (χ3n) is 5.57. The second-order valence-corrected chi connectivity index (χ2v) is 7.65. The van der Waals surface area contributed by atoms with Gasteiger partial charge in [0.05, 0.1) is 12.6 Å². The zero-order valence-corrected chi connectivity index (χ0v) is 16.5. The van der Waals surface area contributed by atoms with Crippen molar-refractivity contribution in [3.8, 4) is 0 Å². The summed E-state index contributed by atoms with van der Waals surface area (Å²) >= 11 is 0. The van der Waals surface area contributed by atoms with Gasteiger partial charge in [0.2, 0.25) is 5.91 Å². The molecule has 28 heavy (non-hydrogen) atoms. The van der Waals surface area contributed by atoms with Crippen LogP contribution in [-0.4, -0.2) is 95.9 Å². The number of carbonyl (C=O) groups excluding carboxylic acids is 1. The number of carboxylic acid groups (broad SMARTS) is 2. The van der Waals surface area contributed by atoms with Crippen molar-refractivity contribution in [3.05, 3.63) is 0 Å². The minimum atomic E-state index is -1.82. The molecule has 0 saturated carbocycles. The summed E-state index contributed by atoms with van der Waals surface area (Å²) in [6.07, 6.45) is 9.04. The zero-order chi connectivity index (χ0) is 20.4. The lowest BCUT2D eigenvalue weighted by Gasteiger charge is -2.40. The SMILES string of the molecule is O=C(CN1CCC(N2CCCCC2)CC1)NCC1CCCO1.O=C(O)C(=O)O. The van der Waals surface area contributed by atoms with Crippen LogP contribution in [0.2, 0.25) is 0 Å². The summed E-state index contributed by atoms with van der Waals surface area (Å²) in [5.41, 5.74) is 0. The normalized spacial score (nSPS) is 24.2. The predicted octanol–water partition coefficient (Wildman–Crippen LogP) is 0.388. The molecule has 3 rings (SSSR count). The van der Waals surface area contributed by atoms with Crippen LogP contribution in [-0.2, 0) is 19.1 Å². The molecule has 3 fully saturated rings. The highest BCUT2D eigenvalue weighted by atomic mass is 16.5. The molecule has 3 aliphatic rings. The summed E-state index contributed by atoms with van der Waals surface area (Å²) in [5, 5.41) is 17.8. The number of nitrogens with zero attached hydrogens (tertiary/aromatic N) is 2. The Morgan fingerprint density at radius 2 is 1.54 bits per heavy atom. The van der Waals surface area contributed by atoms with Crippen LogP contribution in [0.25, 0.3) is 0 Å². The summed E-state index contributed by atoms with van der Waals surface area (Å²) in [7, 11) is 0. The third kappa shape index (κ3) is 8.12. The molecule has 0 aliphatic carbocycles. The van der Waals surface area contributed by atoms with E-state index in [2.05, 4.69) is 15.1 Å². The maximum absolute atomic E-state index is 12.0. The fraction of sp³-hybridized carbons (Fsp3) is 0.842. The molecule has 9 nitrogen and oxygen atoms in total. The van der Waals surface area contributed by atoms with E-state index in [4.69, 9.17) is 24.5 Å². The average Bonchev–Trinajstić information content (AvgIpc) is 3.22. The molecule has 0 spiro atoms. The van der Waals surface area contributed by atoms with E-state index in [9.17, 15) is 4.79 Å².